The largest absolute Gasteiger partial charge is 0.493 e. The van der Waals surface area contributed by atoms with E-state index in [-0.39, 0.29) is 0 Å². The molecular formula is C14H18O3. The zero-order valence-corrected chi connectivity index (χ0v) is 10.1. The van der Waals surface area contributed by atoms with E-state index >= 15 is 0 Å². The zero-order valence-electron chi connectivity index (χ0n) is 10.1. The molecule has 1 fully saturated rings. The predicted molar refractivity (Wildman–Crippen MR) is 64.1 cm³/mol. The molecule has 1 aliphatic carbocycles. The summed E-state index contributed by atoms with van der Waals surface area (Å²) in [6, 6.07) is 6.05. The minimum absolute atomic E-state index is 0.318. The number of fused-ring (bicyclic) bond motifs is 1. The van der Waals surface area contributed by atoms with E-state index in [4.69, 9.17) is 9.47 Å². The van der Waals surface area contributed by atoms with Crippen molar-refractivity contribution in [3.8, 4) is 5.75 Å². The van der Waals surface area contributed by atoms with Gasteiger partial charge in [0.1, 0.15) is 11.4 Å². The fourth-order valence-electron chi connectivity index (χ4n) is 2.75. The highest BCUT2D eigenvalue weighted by atomic mass is 16.5. The Hall–Kier alpha value is -1.06. The fraction of sp³-hybridized carbons (Fsp3) is 0.571. The summed E-state index contributed by atoms with van der Waals surface area (Å²) in [4.78, 5) is 0. The Morgan fingerprint density at radius 3 is 3.00 bits per heavy atom. The topological polar surface area (TPSA) is 38.7 Å². The van der Waals surface area contributed by atoms with Crippen molar-refractivity contribution in [2.45, 2.75) is 24.9 Å². The molecule has 17 heavy (non-hydrogen) atoms. The first-order chi connectivity index (χ1) is 8.25. The quantitative estimate of drug-likeness (QED) is 0.864. The maximum Gasteiger partial charge on any atom is 0.128 e. The minimum Gasteiger partial charge on any atom is -0.493 e. The third-order valence-corrected chi connectivity index (χ3v) is 3.80. The molecule has 3 heteroatoms. The van der Waals surface area contributed by atoms with Crippen molar-refractivity contribution < 1.29 is 14.6 Å². The number of aliphatic hydroxyl groups is 1. The van der Waals surface area contributed by atoms with E-state index in [1.54, 1.807) is 7.11 Å². The Kier molecular flexibility index (Phi) is 2.60. The minimum atomic E-state index is -0.871. The third-order valence-electron chi connectivity index (χ3n) is 3.80. The SMILES string of the molecule is COCC(O)(c1cccc2c1OCC2)C1CC1. The first kappa shape index (κ1) is 11.1. The van der Waals surface area contributed by atoms with Crippen LogP contribution in [-0.2, 0) is 16.8 Å². The maximum absolute atomic E-state index is 10.9. The summed E-state index contributed by atoms with van der Waals surface area (Å²) in [5.41, 5.74) is 1.25. The normalized spacial score (nSPS) is 21.8. The number of benzene rings is 1. The molecule has 1 atom stereocenters. The van der Waals surface area contributed by atoms with Crippen molar-refractivity contribution >= 4 is 0 Å². The summed E-state index contributed by atoms with van der Waals surface area (Å²) in [5, 5.41) is 10.9. The molecule has 0 bridgehead atoms. The van der Waals surface area contributed by atoms with Gasteiger partial charge in [0.15, 0.2) is 0 Å². The standard InChI is InChI=1S/C14H18O3/c1-16-9-14(15,11-5-6-11)12-4-2-3-10-7-8-17-13(10)12/h2-4,11,15H,5-9H2,1H3. The molecule has 0 aromatic heterocycles. The number of ether oxygens (including phenoxy) is 2. The van der Waals surface area contributed by atoms with Gasteiger partial charge in [-0.1, -0.05) is 18.2 Å². The molecule has 92 valence electrons. The summed E-state index contributed by atoms with van der Waals surface area (Å²) < 4.78 is 10.9. The van der Waals surface area contributed by atoms with Gasteiger partial charge in [-0.2, -0.15) is 0 Å². The van der Waals surface area contributed by atoms with Gasteiger partial charge in [-0.25, -0.2) is 0 Å². The van der Waals surface area contributed by atoms with Crippen molar-refractivity contribution in [3.63, 3.8) is 0 Å². The van der Waals surface area contributed by atoms with E-state index in [1.165, 1.54) is 5.56 Å². The highest BCUT2D eigenvalue weighted by Gasteiger charge is 2.47. The van der Waals surface area contributed by atoms with Gasteiger partial charge >= 0.3 is 0 Å². The summed E-state index contributed by atoms with van der Waals surface area (Å²) in [7, 11) is 1.64. The van der Waals surface area contributed by atoms with Gasteiger partial charge in [-0.15, -0.1) is 0 Å². The lowest BCUT2D eigenvalue weighted by molar-refractivity contribution is -0.0545. The molecule has 1 aliphatic heterocycles. The van der Waals surface area contributed by atoms with Crippen LogP contribution in [0.15, 0.2) is 18.2 Å². The first-order valence-corrected chi connectivity index (χ1v) is 6.22. The molecule has 2 aliphatic rings. The van der Waals surface area contributed by atoms with Crippen LogP contribution in [0.4, 0.5) is 0 Å². The number of rotatable bonds is 4. The second-order valence-corrected chi connectivity index (χ2v) is 5.02. The molecule has 1 aromatic rings. The van der Waals surface area contributed by atoms with E-state index in [0.717, 1.165) is 37.2 Å². The van der Waals surface area contributed by atoms with Gasteiger partial charge in [0.05, 0.1) is 13.2 Å². The molecule has 0 radical (unpaired) electrons. The van der Waals surface area contributed by atoms with Crippen LogP contribution in [0.25, 0.3) is 0 Å². The average molecular weight is 234 g/mol. The van der Waals surface area contributed by atoms with E-state index < -0.39 is 5.60 Å². The summed E-state index contributed by atoms with van der Waals surface area (Å²) in [5.74, 6) is 1.21. The van der Waals surface area contributed by atoms with Crippen LogP contribution in [-0.4, -0.2) is 25.4 Å². The zero-order chi connectivity index (χ0) is 11.9. The highest BCUT2D eigenvalue weighted by Crippen LogP contribution is 2.49. The maximum atomic E-state index is 10.9. The van der Waals surface area contributed by atoms with Gasteiger partial charge in [-0.05, 0) is 24.3 Å². The molecule has 1 unspecified atom stereocenters. The van der Waals surface area contributed by atoms with Crippen molar-refractivity contribution in [1.29, 1.82) is 0 Å². The van der Waals surface area contributed by atoms with Gasteiger partial charge in [-0.3, -0.25) is 0 Å². The first-order valence-electron chi connectivity index (χ1n) is 6.22. The molecule has 1 heterocycles. The number of para-hydroxylation sites is 1. The Balaban J connectivity index is 2.04. The Morgan fingerprint density at radius 2 is 2.29 bits per heavy atom. The lowest BCUT2D eigenvalue weighted by Gasteiger charge is -2.29. The molecule has 0 amide bonds. The molecule has 1 aromatic carbocycles. The molecule has 0 spiro atoms. The molecule has 3 nitrogen and oxygen atoms in total. The predicted octanol–water partition coefficient (Wildman–Crippen LogP) is 1.87. The third kappa shape index (κ3) is 1.74. The van der Waals surface area contributed by atoms with Gasteiger partial charge in [0, 0.05) is 19.1 Å². The van der Waals surface area contributed by atoms with Crippen LogP contribution in [0, 0.1) is 5.92 Å². The van der Waals surface area contributed by atoms with Crippen LogP contribution in [0.3, 0.4) is 0 Å². The fourth-order valence-corrected chi connectivity index (χ4v) is 2.75. The van der Waals surface area contributed by atoms with Gasteiger partial charge in [0.2, 0.25) is 0 Å². The second-order valence-electron chi connectivity index (χ2n) is 5.02. The molecule has 0 saturated heterocycles. The number of hydrogen-bond donors (Lipinski definition) is 1. The van der Waals surface area contributed by atoms with E-state index in [1.807, 2.05) is 12.1 Å². The molecule has 1 N–H and O–H groups in total. The summed E-state index contributed by atoms with van der Waals surface area (Å²) >= 11 is 0. The molecule has 3 rings (SSSR count). The van der Waals surface area contributed by atoms with E-state index in [9.17, 15) is 5.11 Å². The van der Waals surface area contributed by atoms with Crippen LogP contribution in [0.2, 0.25) is 0 Å². The van der Waals surface area contributed by atoms with E-state index in [0.29, 0.717) is 12.5 Å². The van der Waals surface area contributed by atoms with Crippen molar-refractivity contribution in [1.82, 2.24) is 0 Å². The monoisotopic (exact) mass is 234 g/mol. The van der Waals surface area contributed by atoms with Crippen LogP contribution in [0.5, 0.6) is 5.75 Å². The lowest BCUT2D eigenvalue weighted by atomic mass is 9.87. The number of hydrogen-bond acceptors (Lipinski definition) is 3. The Bertz CT molecular complexity index is 425. The van der Waals surface area contributed by atoms with Crippen molar-refractivity contribution in [2.24, 2.45) is 5.92 Å². The van der Waals surface area contributed by atoms with Crippen LogP contribution < -0.4 is 4.74 Å². The van der Waals surface area contributed by atoms with Crippen molar-refractivity contribution in [3.05, 3.63) is 29.3 Å². The average Bonchev–Trinajstić information content (AvgIpc) is 3.07. The van der Waals surface area contributed by atoms with Crippen LogP contribution >= 0.6 is 0 Å². The van der Waals surface area contributed by atoms with Gasteiger partial charge < -0.3 is 14.6 Å². The molecular weight excluding hydrogens is 216 g/mol. The summed E-state index contributed by atoms with van der Waals surface area (Å²) in [6.45, 7) is 1.07. The van der Waals surface area contributed by atoms with Crippen LogP contribution in [0.1, 0.15) is 24.0 Å². The Labute approximate surface area is 101 Å². The Morgan fingerprint density at radius 1 is 1.47 bits per heavy atom. The number of methoxy groups -OCH3 is 1. The molecule has 1 saturated carbocycles. The highest BCUT2D eigenvalue weighted by molar-refractivity contribution is 5.47. The van der Waals surface area contributed by atoms with Gasteiger partial charge in [0.25, 0.3) is 0 Å². The summed E-state index contributed by atoms with van der Waals surface area (Å²) in [6.07, 6.45) is 3.09. The van der Waals surface area contributed by atoms with E-state index in [2.05, 4.69) is 6.07 Å². The lowest BCUT2D eigenvalue weighted by Crippen LogP contribution is -2.34. The van der Waals surface area contributed by atoms with Crippen molar-refractivity contribution in [2.75, 3.05) is 20.3 Å². The smallest absolute Gasteiger partial charge is 0.128 e. The second kappa shape index (κ2) is 4.00.